The van der Waals surface area contributed by atoms with Crippen molar-refractivity contribution in [2.24, 2.45) is 5.92 Å². The average Bonchev–Trinajstić information content (AvgIpc) is 3.08. The Bertz CT molecular complexity index is 562. The van der Waals surface area contributed by atoms with Crippen molar-refractivity contribution in [2.75, 3.05) is 0 Å². The molecule has 0 aliphatic heterocycles. The van der Waals surface area contributed by atoms with E-state index >= 15 is 0 Å². The van der Waals surface area contributed by atoms with Crippen LogP contribution >= 0.6 is 11.3 Å². The first-order valence-electron chi connectivity index (χ1n) is 6.54. The van der Waals surface area contributed by atoms with Crippen LogP contribution in [0.25, 0.3) is 10.6 Å². The zero-order chi connectivity index (χ0) is 13.2. The average molecular weight is 276 g/mol. The number of nitrogens with one attached hydrogen (secondary N) is 1. The summed E-state index contributed by atoms with van der Waals surface area (Å²) in [5.41, 5.74) is 0.364. The van der Waals surface area contributed by atoms with Gasteiger partial charge in [-0.05, 0) is 36.6 Å². The van der Waals surface area contributed by atoms with E-state index in [9.17, 15) is 4.79 Å². The SMILES string of the molecule is CC1CCC(NC(=O)c2cc(-c3cccs3)on2)C1. The third-order valence-electron chi connectivity index (χ3n) is 3.54. The molecule has 1 N–H and O–H groups in total. The molecule has 1 aliphatic carbocycles. The lowest BCUT2D eigenvalue weighted by Gasteiger charge is -2.10. The minimum atomic E-state index is -0.134. The van der Waals surface area contributed by atoms with Crippen LogP contribution < -0.4 is 5.32 Å². The minimum absolute atomic E-state index is 0.134. The maximum atomic E-state index is 12.1. The molecule has 0 saturated heterocycles. The van der Waals surface area contributed by atoms with Crippen LogP contribution in [-0.2, 0) is 0 Å². The van der Waals surface area contributed by atoms with Crippen molar-refractivity contribution in [1.29, 1.82) is 0 Å². The van der Waals surface area contributed by atoms with Crippen LogP contribution in [0.2, 0.25) is 0 Å². The summed E-state index contributed by atoms with van der Waals surface area (Å²) in [7, 11) is 0. The lowest BCUT2D eigenvalue weighted by atomic mass is 10.1. The Morgan fingerprint density at radius 3 is 3.11 bits per heavy atom. The predicted molar refractivity (Wildman–Crippen MR) is 74.1 cm³/mol. The number of rotatable bonds is 3. The van der Waals surface area contributed by atoms with Gasteiger partial charge in [0.15, 0.2) is 11.5 Å². The van der Waals surface area contributed by atoms with Crippen LogP contribution in [0.1, 0.15) is 36.7 Å². The normalized spacial score (nSPS) is 22.6. The Hall–Kier alpha value is -1.62. The molecule has 2 aromatic rings. The van der Waals surface area contributed by atoms with E-state index in [4.69, 9.17) is 4.52 Å². The highest BCUT2D eigenvalue weighted by Gasteiger charge is 2.24. The monoisotopic (exact) mass is 276 g/mol. The molecule has 19 heavy (non-hydrogen) atoms. The van der Waals surface area contributed by atoms with Gasteiger partial charge in [0.05, 0.1) is 4.88 Å². The summed E-state index contributed by atoms with van der Waals surface area (Å²) in [5.74, 6) is 1.22. The summed E-state index contributed by atoms with van der Waals surface area (Å²) < 4.78 is 5.22. The van der Waals surface area contributed by atoms with Crippen LogP contribution in [0.15, 0.2) is 28.1 Å². The molecule has 100 valence electrons. The van der Waals surface area contributed by atoms with E-state index in [1.807, 2.05) is 17.5 Å². The highest BCUT2D eigenvalue weighted by molar-refractivity contribution is 7.13. The van der Waals surface area contributed by atoms with Crippen LogP contribution in [0.4, 0.5) is 0 Å². The van der Waals surface area contributed by atoms with Crippen molar-refractivity contribution in [2.45, 2.75) is 32.2 Å². The van der Waals surface area contributed by atoms with E-state index in [-0.39, 0.29) is 11.9 Å². The predicted octanol–water partition coefficient (Wildman–Crippen LogP) is 3.32. The first-order chi connectivity index (χ1) is 9.22. The van der Waals surface area contributed by atoms with Crippen molar-refractivity contribution in [1.82, 2.24) is 10.5 Å². The van der Waals surface area contributed by atoms with Crippen molar-refractivity contribution < 1.29 is 9.32 Å². The van der Waals surface area contributed by atoms with Crippen LogP contribution in [0.3, 0.4) is 0 Å². The van der Waals surface area contributed by atoms with Crippen molar-refractivity contribution >= 4 is 17.2 Å². The van der Waals surface area contributed by atoms with Gasteiger partial charge >= 0.3 is 0 Å². The van der Waals surface area contributed by atoms with Gasteiger partial charge in [-0.15, -0.1) is 11.3 Å². The van der Waals surface area contributed by atoms with Gasteiger partial charge in [0, 0.05) is 12.1 Å². The fourth-order valence-corrected chi connectivity index (χ4v) is 3.19. The molecule has 0 spiro atoms. The molecule has 2 aromatic heterocycles. The van der Waals surface area contributed by atoms with Gasteiger partial charge in [0.25, 0.3) is 5.91 Å². The Balaban J connectivity index is 1.67. The van der Waals surface area contributed by atoms with Crippen molar-refractivity contribution in [3.8, 4) is 10.6 Å². The molecule has 0 bridgehead atoms. The second-order valence-electron chi connectivity index (χ2n) is 5.14. The zero-order valence-corrected chi connectivity index (χ0v) is 11.6. The molecule has 0 radical (unpaired) electrons. The van der Waals surface area contributed by atoms with Crippen LogP contribution in [0.5, 0.6) is 0 Å². The van der Waals surface area contributed by atoms with Crippen LogP contribution in [0, 0.1) is 5.92 Å². The van der Waals surface area contributed by atoms with E-state index in [0.29, 0.717) is 17.4 Å². The summed E-state index contributed by atoms with van der Waals surface area (Å²) >= 11 is 1.57. The second-order valence-corrected chi connectivity index (χ2v) is 6.09. The highest BCUT2D eigenvalue weighted by Crippen LogP contribution is 2.26. The molecule has 2 atom stereocenters. The fraction of sp³-hybridized carbons (Fsp3) is 0.429. The number of carbonyl (C=O) groups excluding carboxylic acids is 1. The lowest BCUT2D eigenvalue weighted by molar-refractivity contribution is 0.0928. The molecular formula is C14H16N2O2S. The quantitative estimate of drug-likeness (QED) is 0.935. The number of amides is 1. The van der Waals surface area contributed by atoms with E-state index in [0.717, 1.165) is 17.7 Å². The number of thiophene rings is 1. The standard InChI is InChI=1S/C14H16N2O2S/c1-9-4-5-10(7-9)15-14(17)11-8-12(18-16-11)13-3-2-6-19-13/h2-3,6,8-10H,4-5,7H2,1H3,(H,15,17). The number of hydrogen-bond acceptors (Lipinski definition) is 4. The van der Waals surface area contributed by atoms with Gasteiger partial charge in [-0.1, -0.05) is 18.1 Å². The van der Waals surface area contributed by atoms with Crippen molar-refractivity contribution in [3.05, 3.63) is 29.3 Å². The topological polar surface area (TPSA) is 55.1 Å². The number of nitrogens with zero attached hydrogens (tertiary/aromatic N) is 1. The van der Waals surface area contributed by atoms with Gasteiger partial charge in [-0.25, -0.2) is 0 Å². The van der Waals surface area contributed by atoms with Gasteiger partial charge < -0.3 is 9.84 Å². The Labute approximate surface area is 115 Å². The highest BCUT2D eigenvalue weighted by atomic mass is 32.1. The minimum Gasteiger partial charge on any atom is -0.355 e. The smallest absolute Gasteiger partial charge is 0.273 e. The van der Waals surface area contributed by atoms with Crippen molar-refractivity contribution in [3.63, 3.8) is 0 Å². The summed E-state index contributed by atoms with van der Waals surface area (Å²) in [5, 5.41) is 8.85. The molecule has 0 aromatic carbocycles. The van der Waals surface area contributed by atoms with Gasteiger partial charge in [-0.2, -0.15) is 0 Å². The first kappa shape index (κ1) is 12.4. The van der Waals surface area contributed by atoms with E-state index in [2.05, 4.69) is 17.4 Å². The molecular weight excluding hydrogens is 260 g/mol. The van der Waals surface area contributed by atoms with Gasteiger partial charge in [0.2, 0.25) is 0 Å². The molecule has 1 aliphatic rings. The van der Waals surface area contributed by atoms with Crippen LogP contribution in [-0.4, -0.2) is 17.1 Å². The third-order valence-corrected chi connectivity index (χ3v) is 4.42. The summed E-state index contributed by atoms with van der Waals surface area (Å²) in [6.07, 6.45) is 3.30. The summed E-state index contributed by atoms with van der Waals surface area (Å²) in [4.78, 5) is 13.0. The maximum absolute atomic E-state index is 12.1. The summed E-state index contributed by atoms with van der Waals surface area (Å²) in [6.45, 7) is 2.22. The van der Waals surface area contributed by atoms with E-state index < -0.39 is 0 Å². The molecule has 2 heterocycles. The number of hydrogen-bond donors (Lipinski definition) is 1. The maximum Gasteiger partial charge on any atom is 0.273 e. The molecule has 1 fully saturated rings. The zero-order valence-electron chi connectivity index (χ0n) is 10.8. The van der Waals surface area contributed by atoms with E-state index in [1.165, 1.54) is 6.42 Å². The Kier molecular flexibility index (Phi) is 3.38. The molecule has 4 nitrogen and oxygen atoms in total. The summed E-state index contributed by atoms with van der Waals surface area (Å²) in [6, 6.07) is 5.89. The molecule has 1 saturated carbocycles. The molecule has 1 amide bonds. The third kappa shape index (κ3) is 2.71. The molecule has 2 unspecified atom stereocenters. The van der Waals surface area contributed by atoms with Gasteiger partial charge in [0.1, 0.15) is 0 Å². The second kappa shape index (κ2) is 5.17. The largest absolute Gasteiger partial charge is 0.355 e. The van der Waals surface area contributed by atoms with Gasteiger partial charge in [-0.3, -0.25) is 4.79 Å². The lowest BCUT2D eigenvalue weighted by Crippen LogP contribution is -2.33. The Morgan fingerprint density at radius 2 is 2.42 bits per heavy atom. The number of aromatic nitrogens is 1. The van der Waals surface area contributed by atoms with E-state index in [1.54, 1.807) is 17.4 Å². The molecule has 3 rings (SSSR count). The number of carbonyl (C=O) groups is 1. The fourth-order valence-electron chi connectivity index (χ4n) is 2.51. The Morgan fingerprint density at radius 1 is 1.53 bits per heavy atom. The molecule has 5 heteroatoms. The first-order valence-corrected chi connectivity index (χ1v) is 7.42.